The minimum absolute atomic E-state index is 0.0544. The lowest BCUT2D eigenvalue weighted by molar-refractivity contribution is 0.147. The molecule has 0 amide bonds. The van der Waals surface area contributed by atoms with Crippen LogP contribution in [0.5, 0.6) is 0 Å². The number of nitrogens with one attached hydrogen (secondary N) is 1. The molecule has 3 atom stereocenters. The molecule has 3 nitrogen and oxygen atoms in total. The zero-order valence-electron chi connectivity index (χ0n) is 6.49. The number of halogens is 1. The zero-order valence-corrected chi connectivity index (χ0v) is 8.06. The Hall–Kier alpha value is -0.190. The van der Waals surface area contributed by atoms with Gasteiger partial charge >= 0.3 is 0 Å². The molecule has 0 aromatic heterocycles. The van der Waals surface area contributed by atoms with E-state index in [-0.39, 0.29) is 11.3 Å². The first-order valence-electron chi connectivity index (χ1n) is 3.68. The summed E-state index contributed by atoms with van der Waals surface area (Å²) in [5.74, 6) is 0. The molecule has 0 saturated heterocycles. The smallest absolute Gasteiger partial charge is 0.193 e. The topological polar surface area (TPSA) is 44.6 Å². The van der Waals surface area contributed by atoms with Gasteiger partial charge in [-0.2, -0.15) is 0 Å². The van der Waals surface area contributed by atoms with Crippen LogP contribution in [0.15, 0.2) is 16.0 Å². The average Bonchev–Trinajstić information content (AvgIpc) is 2.33. The zero-order chi connectivity index (χ0) is 8.72. The van der Waals surface area contributed by atoms with Crippen molar-refractivity contribution in [2.45, 2.75) is 24.4 Å². The summed E-state index contributed by atoms with van der Waals surface area (Å²) in [6, 6.07) is 0.0544. The molecule has 2 aliphatic rings. The van der Waals surface area contributed by atoms with Gasteiger partial charge in [-0.1, -0.05) is 0 Å². The lowest BCUT2D eigenvalue weighted by Gasteiger charge is -2.28. The summed E-state index contributed by atoms with van der Waals surface area (Å²) < 4.78 is 0. The molecule has 3 unspecified atom stereocenters. The van der Waals surface area contributed by atoms with Gasteiger partial charge in [0.2, 0.25) is 0 Å². The van der Waals surface area contributed by atoms with Crippen LogP contribution < -0.4 is 5.32 Å². The molecule has 66 valence electrons. The van der Waals surface area contributed by atoms with E-state index in [9.17, 15) is 5.11 Å². The van der Waals surface area contributed by atoms with E-state index in [0.29, 0.717) is 5.29 Å². The van der Waals surface area contributed by atoms with Crippen molar-refractivity contribution in [1.82, 2.24) is 5.32 Å². The van der Waals surface area contributed by atoms with Crippen LogP contribution in [0.1, 0.15) is 6.92 Å². The number of fused-ring (bicyclic) bond motifs is 1. The predicted octanol–water partition coefficient (Wildman–Crippen LogP) is 0.891. The molecule has 2 N–H and O–H groups in total. The highest BCUT2D eigenvalue weighted by Gasteiger charge is 2.37. The Balaban J connectivity index is 2.27. The highest BCUT2D eigenvalue weighted by molar-refractivity contribution is 8.03. The van der Waals surface area contributed by atoms with Crippen molar-refractivity contribution in [3.05, 3.63) is 11.0 Å². The molecule has 0 spiro atoms. The number of hydrogen-bond acceptors (Lipinski definition) is 4. The SMILES string of the molecule is CC1=CSC2C(O)NC(Cl)=NC12. The third-order valence-corrected chi connectivity index (χ3v) is 3.56. The third-order valence-electron chi connectivity index (χ3n) is 2.02. The second-order valence-corrected chi connectivity index (χ2v) is 4.33. The van der Waals surface area contributed by atoms with Crippen LogP contribution in [0.2, 0.25) is 0 Å². The molecule has 0 bridgehead atoms. The van der Waals surface area contributed by atoms with Crippen LogP contribution in [0.25, 0.3) is 0 Å². The van der Waals surface area contributed by atoms with Gasteiger partial charge < -0.3 is 10.4 Å². The molecule has 0 aromatic rings. The molecular weight excluding hydrogens is 196 g/mol. The molecule has 0 fully saturated rings. The number of nitrogens with zero attached hydrogens (tertiary/aromatic N) is 1. The fourth-order valence-corrected chi connectivity index (χ4v) is 2.74. The van der Waals surface area contributed by atoms with Crippen molar-refractivity contribution in [1.29, 1.82) is 0 Å². The maximum atomic E-state index is 9.54. The van der Waals surface area contributed by atoms with Crippen LogP contribution in [0.3, 0.4) is 0 Å². The van der Waals surface area contributed by atoms with E-state index in [1.54, 1.807) is 11.8 Å². The summed E-state index contributed by atoms with van der Waals surface area (Å²) in [6.45, 7) is 2.00. The van der Waals surface area contributed by atoms with Gasteiger partial charge in [-0.3, -0.25) is 0 Å². The number of hydrogen-bond donors (Lipinski definition) is 2. The molecule has 0 aliphatic carbocycles. The van der Waals surface area contributed by atoms with Crippen molar-refractivity contribution in [3.63, 3.8) is 0 Å². The Morgan fingerprint density at radius 1 is 1.75 bits per heavy atom. The first kappa shape index (κ1) is 8.41. The Bertz CT molecular complexity index is 266. The van der Waals surface area contributed by atoms with Gasteiger partial charge in [0, 0.05) is 0 Å². The van der Waals surface area contributed by atoms with Crippen molar-refractivity contribution in [3.8, 4) is 0 Å². The van der Waals surface area contributed by atoms with Gasteiger partial charge in [-0.05, 0) is 29.5 Å². The summed E-state index contributed by atoms with van der Waals surface area (Å²) >= 11 is 7.29. The van der Waals surface area contributed by atoms with Gasteiger partial charge in [0.15, 0.2) is 5.29 Å². The largest absolute Gasteiger partial charge is 0.372 e. The molecule has 0 aromatic carbocycles. The molecule has 12 heavy (non-hydrogen) atoms. The van der Waals surface area contributed by atoms with Crippen LogP contribution in [0.4, 0.5) is 0 Å². The molecule has 2 rings (SSSR count). The van der Waals surface area contributed by atoms with E-state index in [0.717, 1.165) is 0 Å². The van der Waals surface area contributed by atoms with Gasteiger partial charge in [0.1, 0.15) is 6.23 Å². The summed E-state index contributed by atoms with van der Waals surface area (Å²) in [5, 5.41) is 14.6. The maximum Gasteiger partial charge on any atom is 0.193 e. The number of aliphatic hydroxyl groups is 1. The monoisotopic (exact) mass is 204 g/mol. The van der Waals surface area contributed by atoms with Crippen LogP contribution in [-0.2, 0) is 0 Å². The fraction of sp³-hybridized carbons (Fsp3) is 0.571. The molecule has 2 heterocycles. The van der Waals surface area contributed by atoms with E-state index < -0.39 is 6.23 Å². The highest BCUT2D eigenvalue weighted by Crippen LogP contribution is 2.35. The minimum Gasteiger partial charge on any atom is -0.372 e. The van der Waals surface area contributed by atoms with E-state index in [1.165, 1.54) is 5.57 Å². The summed E-state index contributed by atoms with van der Waals surface area (Å²) in [6.07, 6.45) is -0.585. The van der Waals surface area contributed by atoms with Crippen molar-refractivity contribution >= 4 is 28.7 Å². The molecule has 0 radical (unpaired) electrons. The molecule has 2 aliphatic heterocycles. The Kier molecular flexibility index (Phi) is 2.06. The number of amidine groups is 1. The predicted molar refractivity (Wildman–Crippen MR) is 51.4 cm³/mol. The standard InChI is InChI=1S/C7H9ClN2OS/c1-3-2-12-5-4(3)9-7(8)10-6(5)11/h2,4-6,11H,1H3,(H,9,10). The Morgan fingerprint density at radius 2 is 2.50 bits per heavy atom. The lowest BCUT2D eigenvalue weighted by atomic mass is 10.1. The number of thioether (sulfide) groups is 1. The highest BCUT2D eigenvalue weighted by atomic mass is 35.5. The summed E-state index contributed by atoms with van der Waals surface area (Å²) in [5.41, 5.74) is 1.17. The van der Waals surface area contributed by atoms with Crippen LogP contribution in [-0.4, -0.2) is 27.9 Å². The van der Waals surface area contributed by atoms with Gasteiger partial charge in [0.25, 0.3) is 0 Å². The molecule has 0 saturated carbocycles. The number of aliphatic imine (C=N–C) groups is 1. The first-order chi connectivity index (χ1) is 5.68. The molecule has 5 heteroatoms. The van der Waals surface area contributed by atoms with E-state index in [1.807, 2.05) is 12.3 Å². The second kappa shape index (κ2) is 2.94. The van der Waals surface area contributed by atoms with Crippen molar-refractivity contribution in [2.24, 2.45) is 4.99 Å². The normalized spacial score (nSPS) is 39.8. The Labute approximate surface area is 79.9 Å². The number of rotatable bonds is 0. The molecular formula is C7H9ClN2OS. The van der Waals surface area contributed by atoms with Gasteiger partial charge in [0.05, 0.1) is 11.3 Å². The quantitative estimate of drug-likeness (QED) is 0.576. The van der Waals surface area contributed by atoms with Gasteiger partial charge in [-0.25, -0.2) is 4.99 Å². The second-order valence-electron chi connectivity index (χ2n) is 2.92. The third kappa shape index (κ3) is 1.24. The van der Waals surface area contributed by atoms with Crippen LogP contribution in [0, 0.1) is 0 Å². The van der Waals surface area contributed by atoms with Crippen molar-refractivity contribution in [2.75, 3.05) is 0 Å². The number of aliphatic hydroxyl groups excluding tert-OH is 1. The van der Waals surface area contributed by atoms with Gasteiger partial charge in [-0.15, -0.1) is 11.8 Å². The summed E-state index contributed by atoms with van der Waals surface area (Å²) in [4.78, 5) is 4.20. The minimum atomic E-state index is -0.585. The van der Waals surface area contributed by atoms with Crippen molar-refractivity contribution < 1.29 is 5.11 Å². The van der Waals surface area contributed by atoms with Crippen LogP contribution >= 0.6 is 23.4 Å². The summed E-state index contributed by atoms with van der Waals surface area (Å²) in [7, 11) is 0. The average molecular weight is 205 g/mol. The van der Waals surface area contributed by atoms with E-state index in [2.05, 4.69) is 10.3 Å². The first-order valence-corrected chi connectivity index (χ1v) is 5.00. The lowest BCUT2D eigenvalue weighted by Crippen LogP contribution is -2.48. The van der Waals surface area contributed by atoms with E-state index >= 15 is 0 Å². The Morgan fingerprint density at radius 3 is 3.25 bits per heavy atom. The fourth-order valence-electron chi connectivity index (χ4n) is 1.38. The van der Waals surface area contributed by atoms with E-state index in [4.69, 9.17) is 11.6 Å². The maximum absolute atomic E-state index is 9.54.